The molecule has 0 radical (unpaired) electrons. The van der Waals surface area contributed by atoms with Crippen LogP contribution in [-0.2, 0) is 19.1 Å². The fourth-order valence-electron chi connectivity index (χ4n) is 3.55. The highest BCUT2D eigenvalue weighted by Gasteiger charge is 2.28. The lowest BCUT2D eigenvalue weighted by Gasteiger charge is -2.21. The van der Waals surface area contributed by atoms with Gasteiger partial charge in [0, 0.05) is 5.69 Å². The molecule has 37 heavy (non-hydrogen) atoms. The zero-order chi connectivity index (χ0) is 25.8. The zero-order valence-corrected chi connectivity index (χ0v) is 21.1. The van der Waals surface area contributed by atoms with E-state index in [-0.39, 0.29) is 25.6 Å². The highest BCUT2D eigenvalue weighted by Crippen LogP contribution is 2.21. The molecule has 0 aliphatic heterocycles. The molecule has 3 aromatic rings. The fourth-order valence-corrected chi connectivity index (χ4v) is 3.55. The first-order chi connectivity index (χ1) is 17.5. The zero-order valence-electron chi connectivity index (χ0n) is 20.3. The van der Waals surface area contributed by atoms with E-state index in [1.807, 2.05) is 60.7 Å². The molecule has 1 unspecified atom stereocenters. The standard InChI is InChI=1S/C27H29N5O4.ClH/c1-2-36-27(35)25(31-22-15-9-10-19(16-22)17-30-28)26(34)29-18-23(33)32-24(20-11-5-3-6-12-20)21-13-7-4-8-14-21;/h3-17,24-25,31H,2,18,28H2,1H3,(H,29,34)(H,32,33);1H. The van der Waals surface area contributed by atoms with E-state index in [1.54, 1.807) is 31.2 Å². The van der Waals surface area contributed by atoms with Crippen LogP contribution in [-0.4, -0.2) is 43.2 Å². The van der Waals surface area contributed by atoms with Crippen LogP contribution in [0.3, 0.4) is 0 Å². The third-order valence-electron chi connectivity index (χ3n) is 5.20. The highest BCUT2D eigenvalue weighted by molar-refractivity contribution is 6.05. The molecule has 1 atom stereocenters. The van der Waals surface area contributed by atoms with Crippen molar-refractivity contribution in [1.29, 1.82) is 0 Å². The van der Waals surface area contributed by atoms with E-state index >= 15 is 0 Å². The number of hydrazone groups is 1. The quantitative estimate of drug-likeness (QED) is 0.100. The maximum Gasteiger partial charge on any atom is 0.338 e. The SMILES string of the molecule is CCOC(=O)C(Nc1cccc(C=NN)c1)C(=O)NCC(=O)NC(c1ccccc1)c1ccccc1.Cl. The Morgan fingerprint density at radius 3 is 2.14 bits per heavy atom. The third-order valence-corrected chi connectivity index (χ3v) is 5.20. The summed E-state index contributed by atoms with van der Waals surface area (Å²) in [4.78, 5) is 38.2. The average molecular weight is 524 g/mol. The minimum Gasteiger partial charge on any atom is -0.464 e. The van der Waals surface area contributed by atoms with Crippen LogP contribution in [0.2, 0.25) is 0 Å². The van der Waals surface area contributed by atoms with Gasteiger partial charge in [-0.3, -0.25) is 9.59 Å². The number of ether oxygens (including phenoxy) is 1. The molecule has 0 heterocycles. The fraction of sp³-hybridized carbons (Fsp3) is 0.185. The number of carbonyl (C=O) groups is 3. The van der Waals surface area contributed by atoms with Crippen molar-refractivity contribution < 1.29 is 19.1 Å². The molecule has 0 aliphatic carbocycles. The number of benzene rings is 3. The van der Waals surface area contributed by atoms with Crippen molar-refractivity contribution in [2.24, 2.45) is 10.9 Å². The lowest BCUT2D eigenvalue weighted by atomic mass is 9.99. The number of esters is 1. The van der Waals surface area contributed by atoms with E-state index in [9.17, 15) is 14.4 Å². The third kappa shape index (κ3) is 8.66. The summed E-state index contributed by atoms with van der Waals surface area (Å²) in [6, 6.07) is 24.1. The first kappa shape index (κ1) is 28.9. The molecule has 0 bridgehead atoms. The number of nitrogens with zero attached hydrogens (tertiary/aromatic N) is 1. The highest BCUT2D eigenvalue weighted by atomic mass is 35.5. The second-order valence-corrected chi connectivity index (χ2v) is 7.77. The first-order valence-corrected chi connectivity index (χ1v) is 11.4. The predicted octanol–water partition coefficient (Wildman–Crippen LogP) is 2.77. The summed E-state index contributed by atoms with van der Waals surface area (Å²) in [6.07, 6.45) is 1.44. The van der Waals surface area contributed by atoms with Crippen molar-refractivity contribution in [3.63, 3.8) is 0 Å². The van der Waals surface area contributed by atoms with Crippen molar-refractivity contribution in [1.82, 2.24) is 10.6 Å². The monoisotopic (exact) mass is 523 g/mol. The summed E-state index contributed by atoms with van der Waals surface area (Å²) >= 11 is 0. The summed E-state index contributed by atoms with van der Waals surface area (Å²) in [5.74, 6) is 3.32. The van der Waals surface area contributed by atoms with Gasteiger partial charge < -0.3 is 26.5 Å². The number of hydrogen-bond donors (Lipinski definition) is 4. The maximum atomic E-state index is 12.9. The minimum absolute atomic E-state index is 0. The molecule has 3 aromatic carbocycles. The van der Waals surface area contributed by atoms with Gasteiger partial charge in [0.25, 0.3) is 5.91 Å². The smallest absolute Gasteiger partial charge is 0.338 e. The van der Waals surface area contributed by atoms with Crippen LogP contribution in [0.15, 0.2) is 90.0 Å². The number of halogens is 1. The Kier molecular flexibility index (Phi) is 11.6. The topological polar surface area (TPSA) is 135 Å². The van der Waals surface area contributed by atoms with Crippen LogP contribution in [0.5, 0.6) is 0 Å². The van der Waals surface area contributed by atoms with E-state index in [0.29, 0.717) is 11.3 Å². The predicted molar refractivity (Wildman–Crippen MR) is 145 cm³/mol. The number of rotatable bonds is 11. The van der Waals surface area contributed by atoms with Crippen LogP contribution >= 0.6 is 12.4 Å². The van der Waals surface area contributed by atoms with Gasteiger partial charge in [-0.2, -0.15) is 5.10 Å². The second-order valence-electron chi connectivity index (χ2n) is 7.77. The molecule has 10 heteroatoms. The molecule has 0 fully saturated rings. The number of carbonyl (C=O) groups excluding carboxylic acids is 3. The van der Waals surface area contributed by atoms with Gasteiger partial charge in [0.1, 0.15) is 0 Å². The van der Waals surface area contributed by atoms with Crippen molar-refractivity contribution in [2.45, 2.75) is 19.0 Å². The van der Waals surface area contributed by atoms with Crippen LogP contribution in [0.1, 0.15) is 29.7 Å². The van der Waals surface area contributed by atoms with Crippen LogP contribution in [0.25, 0.3) is 0 Å². The van der Waals surface area contributed by atoms with Gasteiger partial charge in [0.2, 0.25) is 11.9 Å². The molecule has 0 saturated heterocycles. The Bertz CT molecular complexity index is 1150. The van der Waals surface area contributed by atoms with Gasteiger partial charge in [0.05, 0.1) is 25.4 Å². The molecule has 0 spiro atoms. The Labute approximate surface area is 221 Å². The largest absolute Gasteiger partial charge is 0.464 e. The number of hydrogen-bond acceptors (Lipinski definition) is 7. The van der Waals surface area contributed by atoms with Crippen molar-refractivity contribution in [2.75, 3.05) is 18.5 Å². The Balaban J connectivity index is 0.00000481. The van der Waals surface area contributed by atoms with Crippen LogP contribution < -0.4 is 21.8 Å². The maximum absolute atomic E-state index is 12.9. The summed E-state index contributed by atoms with van der Waals surface area (Å²) in [6.45, 7) is 1.42. The number of nitrogens with one attached hydrogen (secondary N) is 3. The molecule has 2 amide bonds. The Morgan fingerprint density at radius 1 is 0.946 bits per heavy atom. The average Bonchev–Trinajstić information content (AvgIpc) is 2.90. The summed E-state index contributed by atoms with van der Waals surface area (Å²) in [5.41, 5.74) is 2.96. The van der Waals surface area contributed by atoms with Crippen molar-refractivity contribution in [3.8, 4) is 0 Å². The van der Waals surface area contributed by atoms with Crippen molar-refractivity contribution in [3.05, 3.63) is 102 Å². The summed E-state index contributed by atoms with van der Waals surface area (Å²) < 4.78 is 5.05. The Morgan fingerprint density at radius 2 is 1.57 bits per heavy atom. The van der Waals surface area contributed by atoms with E-state index < -0.39 is 29.9 Å². The van der Waals surface area contributed by atoms with Crippen LogP contribution in [0, 0.1) is 0 Å². The molecule has 0 aromatic heterocycles. The Hall–Kier alpha value is -4.37. The molecule has 194 valence electrons. The van der Waals surface area contributed by atoms with E-state index in [1.165, 1.54) is 6.21 Å². The van der Waals surface area contributed by atoms with E-state index in [4.69, 9.17) is 10.6 Å². The first-order valence-electron chi connectivity index (χ1n) is 11.4. The molecule has 0 saturated carbocycles. The molecule has 0 aliphatic rings. The molecule has 5 N–H and O–H groups in total. The van der Waals surface area contributed by atoms with Gasteiger partial charge in [-0.05, 0) is 35.7 Å². The van der Waals surface area contributed by atoms with Crippen molar-refractivity contribution >= 4 is 42.1 Å². The lowest BCUT2D eigenvalue weighted by Crippen LogP contribution is -2.48. The van der Waals surface area contributed by atoms with Gasteiger partial charge in [-0.1, -0.05) is 72.8 Å². The van der Waals surface area contributed by atoms with Gasteiger partial charge in [-0.25, -0.2) is 4.79 Å². The normalized spacial score (nSPS) is 11.3. The van der Waals surface area contributed by atoms with E-state index in [0.717, 1.165) is 11.1 Å². The lowest BCUT2D eigenvalue weighted by molar-refractivity contribution is -0.147. The molecular formula is C27H30ClN5O4. The van der Waals surface area contributed by atoms with Gasteiger partial charge >= 0.3 is 5.97 Å². The van der Waals surface area contributed by atoms with Crippen LogP contribution in [0.4, 0.5) is 5.69 Å². The van der Waals surface area contributed by atoms with E-state index in [2.05, 4.69) is 21.1 Å². The molecule has 3 rings (SSSR count). The minimum atomic E-state index is -1.36. The second kappa shape index (κ2) is 14.9. The van der Waals surface area contributed by atoms with Gasteiger partial charge in [-0.15, -0.1) is 12.4 Å². The molecule has 9 nitrogen and oxygen atoms in total. The number of nitrogens with two attached hydrogens (primary N) is 1. The number of amides is 2. The van der Waals surface area contributed by atoms with Gasteiger partial charge in [0.15, 0.2) is 0 Å². The summed E-state index contributed by atoms with van der Waals surface area (Å²) in [5, 5.41) is 11.8. The number of anilines is 1. The summed E-state index contributed by atoms with van der Waals surface area (Å²) in [7, 11) is 0. The molecular weight excluding hydrogens is 494 g/mol.